The predicted molar refractivity (Wildman–Crippen MR) is 177 cm³/mol. The number of benzene rings is 2. The average Bonchev–Trinajstić information content (AvgIpc) is 3.05. The van der Waals surface area contributed by atoms with Gasteiger partial charge in [-0.25, -0.2) is 9.69 Å². The lowest BCUT2D eigenvalue weighted by atomic mass is 9.83. The molecule has 5 unspecified atom stereocenters. The molecule has 0 saturated carbocycles. The number of nitrogens with zero attached hydrogens (tertiary/aromatic N) is 4. The first-order chi connectivity index (χ1) is 26.3. The molecule has 4 rings (SSSR count). The minimum absolute atomic E-state index is 0.0938. The normalized spacial score (nSPS) is 26.1. The number of hydrogen-bond donors (Lipinski definition) is 13. The summed E-state index contributed by atoms with van der Waals surface area (Å²) >= 11 is 0. The number of piperidine rings is 1. The summed E-state index contributed by atoms with van der Waals surface area (Å²) in [5.74, 6) is -22.8. The molecule has 0 spiro atoms. The molecule has 0 radical (unpaired) electrons. The molecule has 19 nitrogen and oxygen atoms in total. The van der Waals surface area contributed by atoms with Crippen molar-refractivity contribution in [3.8, 4) is 34.5 Å². The van der Waals surface area contributed by atoms with Crippen molar-refractivity contribution in [3.05, 3.63) is 33.6 Å². The Bertz CT molecular complexity index is 1960. The van der Waals surface area contributed by atoms with Crippen molar-refractivity contribution >= 4 is 11.9 Å². The van der Waals surface area contributed by atoms with E-state index in [9.17, 15) is 107 Å². The topological polar surface area (TPSA) is 310 Å². The van der Waals surface area contributed by atoms with Crippen molar-refractivity contribution < 1.29 is 107 Å². The minimum Gasteiger partial charge on any atom is -0.507 e. The standard InChI is InChI=1S/C33H41F7N4O15/c1-11-16(23(49)25(51)19(34)20(11)46)15-9-13(44-29(5,55)28(4,54)43(12(2)45)32(56,57)33(44,58)59)7-8-42(15)26(52)41(6)27(3,53)10-14-21(47)17(30(35,36)37)24(50)18(22(14)48)31(38,39)40/h13,15,46-51,53-59H,7-10H2,1-6H3. The number of alkyl halides is 6. The van der Waals surface area contributed by atoms with E-state index in [0.717, 1.165) is 6.92 Å². The molecule has 2 aliphatic rings. The monoisotopic (exact) mass is 866 g/mol. The van der Waals surface area contributed by atoms with Crippen molar-refractivity contribution in [1.82, 2.24) is 19.6 Å². The number of amides is 3. The van der Waals surface area contributed by atoms with Gasteiger partial charge in [-0.15, -0.1) is 0 Å². The van der Waals surface area contributed by atoms with Crippen LogP contribution in [-0.4, -0.2) is 147 Å². The first-order valence-electron chi connectivity index (χ1n) is 16.9. The maximum Gasteiger partial charge on any atom is 0.423 e. The molecule has 26 heteroatoms. The van der Waals surface area contributed by atoms with E-state index in [1.54, 1.807) is 0 Å². The minimum atomic E-state index is -5.89. The summed E-state index contributed by atoms with van der Waals surface area (Å²) in [5.41, 5.74) is -17.6. The molecule has 2 saturated heterocycles. The Balaban J connectivity index is 1.89. The van der Waals surface area contributed by atoms with E-state index < -0.39 is 159 Å². The molecule has 2 aliphatic heterocycles. The Morgan fingerprint density at radius 2 is 1.25 bits per heavy atom. The average molecular weight is 867 g/mol. The second-order valence-corrected chi connectivity index (χ2v) is 14.8. The van der Waals surface area contributed by atoms with Gasteiger partial charge < -0.3 is 71.3 Å². The highest BCUT2D eigenvalue weighted by molar-refractivity contribution is 5.77. The van der Waals surface area contributed by atoms with Gasteiger partial charge in [-0.1, -0.05) is 0 Å². The first kappa shape index (κ1) is 46.9. The zero-order chi connectivity index (χ0) is 45.9. The summed E-state index contributed by atoms with van der Waals surface area (Å²) in [6.45, 7) is 2.72. The molecule has 5 atom stereocenters. The van der Waals surface area contributed by atoms with Gasteiger partial charge in [-0.3, -0.25) is 14.6 Å². The lowest BCUT2D eigenvalue weighted by Crippen LogP contribution is -2.90. The van der Waals surface area contributed by atoms with Crippen LogP contribution in [0.3, 0.4) is 0 Å². The molecule has 0 aromatic heterocycles. The number of halogens is 7. The number of carbonyl (C=O) groups is 2. The molecule has 2 heterocycles. The van der Waals surface area contributed by atoms with Crippen LogP contribution in [0.1, 0.15) is 74.4 Å². The summed E-state index contributed by atoms with van der Waals surface area (Å²) in [6.07, 6.45) is -15.0. The van der Waals surface area contributed by atoms with E-state index >= 15 is 0 Å². The lowest BCUT2D eigenvalue weighted by Gasteiger charge is -2.65. The molecule has 2 aromatic rings. The van der Waals surface area contributed by atoms with Gasteiger partial charge in [0.15, 0.2) is 28.7 Å². The molecule has 0 bridgehead atoms. The predicted octanol–water partition coefficient (Wildman–Crippen LogP) is 0.772. The zero-order valence-corrected chi connectivity index (χ0v) is 31.5. The van der Waals surface area contributed by atoms with Crippen molar-refractivity contribution in [2.75, 3.05) is 13.6 Å². The summed E-state index contributed by atoms with van der Waals surface area (Å²) in [5, 5.41) is 141. The lowest BCUT2D eigenvalue weighted by molar-refractivity contribution is -0.541. The number of piperazine rings is 1. The Morgan fingerprint density at radius 3 is 1.69 bits per heavy atom. The van der Waals surface area contributed by atoms with Crippen molar-refractivity contribution in [2.45, 2.75) is 107 Å². The van der Waals surface area contributed by atoms with E-state index in [1.807, 2.05) is 0 Å². The van der Waals surface area contributed by atoms with Crippen LogP contribution in [0.2, 0.25) is 0 Å². The Kier molecular flexibility index (Phi) is 11.2. The van der Waals surface area contributed by atoms with Gasteiger partial charge in [-0.2, -0.15) is 30.7 Å². The van der Waals surface area contributed by atoms with Crippen molar-refractivity contribution in [2.24, 2.45) is 0 Å². The number of aliphatic hydroxyl groups is 7. The number of rotatable bonds is 5. The van der Waals surface area contributed by atoms with Crippen LogP contribution >= 0.6 is 0 Å². The van der Waals surface area contributed by atoms with Gasteiger partial charge in [0.2, 0.25) is 11.7 Å². The van der Waals surface area contributed by atoms with Crippen LogP contribution in [0.25, 0.3) is 0 Å². The highest BCUT2D eigenvalue weighted by Gasteiger charge is 2.75. The van der Waals surface area contributed by atoms with Crippen LogP contribution in [-0.2, 0) is 23.6 Å². The number of likely N-dealkylation sites (N-methyl/N-ethyl adjacent to an activating group) is 1. The fourth-order valence-electron chi connectivity index (χ4n) is 7.72. The largest absolute Gasteiger partial charge is 0.507 e. The molecule has 0 aliphatic carbocycles. The van der Waals surface area contributed by atoms with Crippen molar-refractivity contribution in [3.63, 3.8) is 0 Å². The second kappa shape index (κ2) is 14.1. The Morgan fingerprint density at radius 1 is 0.780 bits per heavy atom. The van der Waals surface area contributed by atoms with Gasteiger partial charge in [0.05, 0.1) is 6.04 Å². The van der Waals surface area contributed by atoms with Gasteiger partial charge >= 0.3 is 30.2 Å². The van der Waals surface area contributed by atoms with E-state index in [0.29, 0.717) is 39.6 Å². The number of carbonyl (C=O) groups excluding carboxylic acids is 2. The molecule has 332 valence electrons. The van der Waals surface area contributed by atoms with Crippen LogP contribution in [0.15, 0.2) is 0 Å². The van der Waals surface area contributed by atoms with Crippen LogP contribution in [0, 0.1) is 12.7 Å². The highest BCUT2D eigenvalue weighted by atomic mass is 19.4. The fraction of sp³-hybridized carbons (Fsp3) is 0.576. The van der Waals surface area contributed by atoms with E-state index in [4.69, 9.17) is 0 Å². The zero-order valence-electron chi connectivity index (χ0n) is 31.5. The maximum absolute atomic E-state index is 14.7. The highest BCUT2D eigenvalue weighted by Crippen LogP contribution is 2.56. The number of urea groups is 1. The van der Waals surface area contributed by atoms with Crippen molar-refractivity contribution in [1.29, 1.82) is 0 Å². The van der Waals surface area contributed by atoms with E-state index in [-0.39, 0.29) is 14.7 Å². The molecular formula is C33H41F7N4O15. The Hall–Kier alpha value is -4.83. The van der Waals surface area contributed by atoms with Gasteiger partial charge in [0.1, 0.15) is 34.1 Å². The quantitative estimate of drug-likeness (QED) is 0.0855. The third-order valence-corrected chi connectivity index (χ3v) is 11.0. The van der Waals surface area contributed by atoms with E-state index in [2.05, 4.69) is 0 Å². The number of phenolic OH excluding ortho intramolecular Hbond substituents is 6. The summed E-state index contributed by atoms with van der Waals surface area (Å²) < 4.78 is 97.6. The molecule has 2 aromatic carbocycles. The van der Waals surface area contributed by atoms with Gasteiger partial charge in [0.25, 0.3) is 0 Å². The molecule has 59 heavy (non-hydrogen) atoms. The molecule has 3 amide bonds. The summed E-state index contributed by atoms with van der Waals surface area (Å²) in [6, 6.07) is -5.25. The molecule has 13 N–H and O–H groups in total. The molecular weight excluding hydrogens is 825 g/mol. The fourth-order valence-corrected chi connectivity index (χ4v) is 7.72. The third kappa shape index (κ3) is 6.99. The summed E-state index contributed by atoms with van der Waals surface area (Å²) in [7, 11) is 0.697. The second-order valence-electron chi connectivity index (χ2n) is 14.8. The maximum atomic E-state index is 14.7. The van der Waals surface area contributed by atoms with Gasteiger partial charge in [0, 0.05) is 49.7 Å². The smallest absolute Gasteiger partial charge is 0.423 e. The van der Waals surface area contributed by atoms with Crippen LogP contribution in [0.5, 0.6) is 34.5 Å². The number of aromatic hydroxyl groups is 6. The summed E-state index contributed by atoms with van der Waals surface area (Å²) in [4.78, 5) is 27.4. The number of likely N-dealkylation sites (tertiary alicyclic amines) is 1. The third-order valence-electron chi connectivity index (χ3n) is 11.0. The molecule has 2 fully saturated rings. The van der Waals surface area contributed by atoms with E-state index in [1.165, 1.54) is 0 Å². The Labute approximate surface area is 327 Å². The van der Waals surface area contributed by atoms with Crippen LogP contribution in [0.4, 0.5) is 35.5 Å². The first-order valence-corrected chi connectivity index (χ1v) is 16.9. The number of hydrogen-bond acceptors (Lipinski definition) is 16. The SMILES string of the molecule is CC(=O)N1C(C)(O)C(C)(O)N(C2CCN(C(=O)N(C)C(C)(O)Cc3c(O)c(C(F)(F)F)c(O)c(C(F)(F)F)c3O)C(c3c(C)c(O)c(F)c(O)c3O)C2)C(O)(O)C1(O)O. The number of phenols is 6. The van der Waals surface area contributed by atoms with Crippen LogP contribution < -0.4 is 0 Å². The van der Waals surface area contributed by atoms with Gasteiger partial charge in [-0.05, 0) is 40.5 Å².